The highest BCUT2D eigenvalue weighted by Crippen LogP contribution is 2.32. The van der Waals surface area contributed by atoms with Crippen molar-refractivity contribution < 1.29 is 14.3 Å². The molecular formula is C15H18BrNO3S. The smallest absolute Gasteiger partial charge is 0.289 e. The first-order valence-electron chi connectivity index (χ1n) is 6.91. The average molecular weight is 372 g/mol. The number of hydrogen-bond donors (Lipinski definition) is 0. The number of hydrogen-bond acceptors (Lipinski definition) is 4. The van der Waals surface area contributed by atoms with E-state index in [1.807, 2.05) is 25.1 Å². The van der Waals surface area contributed by atoms with Crippen molar-refractivity contribution >= 4 is 38.8 Å². The van der Waals surface area contributed by atoms with Crippen molar-refractivity contribution in [3.63, 3.8) is 0 Å². The van der Waals surface area contributed by atoms with Gasteiger partial charge in [-0.05, 0) is 46.5 Å². The van der Waals surface area contributed by atoms with Crippen molar-refractivity contribution in [1.82, 2.24) is 4.90 Å². The first-order valence-corrected chi connectivity index (χ1v) is 8.58. The maximum atomic E-state index is 12.3. The van der Waals surface area contributed by atoms with E-state index in [-0.39, 0.29) is 16.4 Å². The van der Waals surface area contributed by atoms with Crippen LogP contribution in [-0.4, -0.2) is 35.0 Å². The fourth-order valence-electron chi connectivity index (χ4n) is 2.20. The Morgan fingerprint density at radius 2 is 2.14 bits per heavy atom. The highest BCUT2D eigenvalue weighted by Gasteiger charge is 2.38. The molecule has 0 radical (unpaired) electrons. The van der Waals surface area contributed by atoms with Gasteiger partial charge in [0.15, 0.2) is 0 Å². The van der Waals surface area contributed by atoms with Crippen LogP contribution in [0.15, 0.2) is 22.7 Å². The van der Waals surface area contributed by atoms with Crippen molar-refractivity contribution in [2.45, 2.75) is 31.4 Å². The third kappa shape index (κ3) is 3.80. The van der Waals surface area contributed by atoms with Crippen LogP contribution in [0.2, 0.25) is 0 Å². The Hall–Kier alpha value is -1.01. The second-order valence-corrected chi connectivity index (χ2v) is 6.90. The molecule has 1 fully saturated rings. The van der Waals surface area contributed by atoms with Gasteiger partial charge in [0, 0.05) is 6.54 Å². The normalized spacial score (nSPS) is 18.4. The lowest BCUT2D eigenvalue weighted by molar-refractivity contribution is -0.126. The summed E-state index contributed by atoms with van der Waals surface area (Å²) in [5, 5.41) is -0.430. The Balaban J connectivity index is 2.05. The van der Waals surface area contributed by atoms with Crippen LogP contribution in [0.25, 0.3) is 0 Å². The zero-order valence-corrected chi connectivity index (χ0v) is 14.5. The Morgan fingerprint density at radius 3 is 2.76 bits per heavy atom. The van der Waals surface area contributed by atoms with E-state index < -0.39 is 0 Å². The first kappa shape index (κ1) is 16.4. The Bertz CT molecular complexity index is 550. The second-order valence-electron chi connectivity index (χ2n) is 4.89. The largest absolute Gasteiger partial charge is 0.496 e. The summed E-state index contributed by atoms with van der Waals surface area (Å²) in [6, 6.07) is 5.72. The minimum absolute atomic E-state index is 0.0645. The molecule has 6 heteroatoms. The molecule has 0 aromatic heterocycles. The fourth-order valence-corrected chi connectivity index (χ4v) is 3.84. The molecule has 2 rings (SSSR count). The molecule has 2 amide bonds. The molecule has 21 heavy (non-hydrogen) atoms. The van der Waals surface area contributed by atoms with Gasteiger partial charge in [-0.15, -0.1) is 0 Å². The predicted molar refractivity (Wildman–Crippen MR) is 87.8 cm³/mol. The van der Waals surface area contributed by atoms with E-state index in [9.17, 15) is 9.59 Å². The minimum atomic E-state index is -0.311. The topological polar surface area (TPSA) is 46.6 Å². The number of carbonyl (C=O) groups excluding carboxylic acids is 2. The summed E-state index contributed by atoms with van der Waals surface area (Å²) in [6.07, 6.45) is 2.39. The van der Waals surface area contributed by atoms with Crippen LogP contribution in [0.3, 0.4) is 0 Å². The molecule has 1 aliphatic heterocycles. The summed E-state index contributed by atoms with van der Waals surface area (Å²) in [5.74, 6) is 0.690. The molecule has 1 heterocycles. The third-order valence-electron chi connectivity index (χ3n) is 3.38. The van der Waals surface area contributed by atoms with Gasteiger partial charge in [-0.1, -0.05) is 31.2 Å². The maximum Gasteiger partial charge on any atom is 0.289 e. The summed E-state index contributed by atoms with van der Waals surface area (Å²) in [4.78, 5) is 25.6. The molecular weight excluding hydrogens is 354 g/mol. The number of halogens is 1. The minimum Gasteiger partial charge on any atom is -0.496 e. The predicted octanol–water partition coefficient (Wildman–Crippen LogP) is 3.86. The van der Waals surface area contributed by atoms with Crippen molar-refractivity contribution in [3.8, 4) is 5.75 Å². The van der Waals surface area contributed by atoms with Crippen molar-refractivity contribution in [1.29, 1.82) is 0 Å². The Kier molecular flexibility index (Phi) is 5.70. The lowest BCUT2D eigenvalue weighted by Crippen LogP contribution is -2.33. The van der Waals surface area contributed by atoms with E-state index in [0.29, 0.717) is 13.0 Å². The van der Waals surface area contributed by atoms with Gasteiger partial charge in [0.1, 0.15) is 5.75 Å². The molecule has 0 bridgehead atoms. The van der Waals surface area contributed by atoms with Gasteiger partial charge >= 0.3 is 0 Å². The number of carbonyl (C=O) groups is 2. The molecule has 0 unspecified atom stereocenters. The van der Waals surface area contributed by atoms with Crippen molar-refractivity contribution in [3.05, 3.63) is 28.2 Å². The van der Waals surface area contributed by atoms with Crippen LogP contribution >= 0.6 is 27.7 Å². The number of unbranched alkanes of at least 4 members (excludes halogenated alkanes) is 1. The fraction of sp³-hybridized carbons (Fsp3) is 0.467. The molecule has 1 aromatic rings. The summed E-state index contributed by atoms with van der Waals surface area (Å²) in [7, 11) is 1.61. The average Bonchev–Trinajstić information content (AvgIpc) is 2.72. The zero-order chi connectivity index (χ0) is 15.4. The quantitative estimate of drug-likeness (QED) is 0.761. The molecule has 114 valence electrons. The van der Waals surface area contributed by atoms with Gasteiger partial charge in [0.25, 0.3) is 5.24 Å². The van der Waals surface area contributed by atoms with Crippen LogP contribution in [0.1, 0.15) is 25.3 Å². The molecule has 0 saturated carbocycles. The van der Waals surface area contributed by atoms with Gasteiger partial charge in [-0.2, -0.15) is 0 Å². The number of imide groups is 1. The zero-order valence-electron chi connectivity index (χ0n) is 12.1. The third-order valence-corrected chi connectivity index (χ3v) is 5.07. The number of amides is 2. The van der Waals surface area contributed by atoms with Crippen molar-refractivity contribution in [2.24, 2.45) is 0 Å². The molecule has 1 aromatic carbocycles. The van der Waals surface area contributed by atoms with E-state index in [1.54, 1.807) is 7.11 Å². The van der Waals surface area contributed by atoms with Crippen LogP contribution in [0.5, 0.6) is 5.75 Å². The lowest BCUT2D eigenvalue weighted by atomic mass is 10.1. The van der Waals surface area contributed by atoms with Gasteiger partial charge in [-0.3, -0.25) is 14.5 Å². The highest BCUT2D eigenvalue weighted by molar-refractivity contribution is 9.10. The molecule has 4 nitrogen and oxygen atoms in total. The van der Waals surface area contributed by atoms with E-state index in [1.165, 1.54) is 4.90 Å². The number of benzene rings is 1. The molecule has 1 saturated heterocycles. The van der Waals surface area contributed by atoms with E-state index in [0.717, 1.165) is 40.4 Å². The number of ether oxygens (including phenoxy) is 1. The van der Waals surface area contributed by atoms with E-state index in [4.69, 9.17) is 4.74 Å². The summed E-state index contributed by atoms with van der Waals surface area (Å²) >= 11 is 4.57. The molecule has 1 aliphatic rings. The van der Waals surface area contributed by atoms with Gasteiger partial charge in [0.2, 0.25) is 5.91 Å². The molecule has 0 aliphatic carbocycles. The number of nitrogens with zero attached hydrogens (tertiary/aromatic N) is 1. The van der Waals surface area contributed by atoms with Gasteiger partial charge in [-0.25, -0.2) is 0 Å². The standard InChI is InChI=1S/C15H18BrNO3S/c1-3-4-7-17-14(18)13(21-15(17)19)9-10-5-6-12(20-2)11(16)8-10/h5-6,8,13H,3-4,7,9H2,1-2H3/t13-/m1/s1. The number of methoxy groups -OCH3 is 1. The highest BCUT2D eigenvalue weighted by atomic mass is 79.9. The summed E-state index contributed by atoms with van der Waals surface area (Å²) in [5.41, 5.74) is 1.01. The second kappa shape index (κ2) is 7.31. The van der Waals surface area contributed by atoms with Crippen LogP contribution in [0, 0.1) is 0 Å². The van der Waals surface area contributed by atoms with E-state index in [2.05, 4.69) is 15.9 Å². The van der Waals surface area contributed by atoms with Gasteiger partial charge < -0.3 is 4.74 Å². The molecule has 0 N–H and O–H groups in total. The first-order chi connectivity index (χ1) is 10.1. The Morgan fingerprint density at radius 1 is 1.38 bits per heavy atom. The number of rotatable bonds is 6. The van der Waals surface area contributed by atoms with Crippen LogP contribution in [0.4, 0.5) is 4.79 Å². The SMILES string of the molecule is CCCCN1C(=O)S[C@H](Cc2ccc(OC)c(Br)c2)C1=O. The summed E-state index contributed by atoms with van der Waals surface area (Å²) < 4.78 is 6.04. The van der Waals surface area contributed by atoms with Crippen LogP contribution in [-0.2, 0) is 11.2 Å². The maximum absolute atomic E-state index is 12.3. The molecule has 0 spiro atoms. The van der Waals surface area contributed by atoms with Gasteiger partial charge in [0.05, 0.1) is 16.8 Å². The van der Waals surface area contributed by atoms with E-state index >= 15 is 0 Å². The lowest BCUT2D eigenvalue weighted by Gasteiger charge is -2.13. The summed E-state index contributed by atoms with van der Waals surface area (Å²) in [6.45, 7) is 2.58. The van der Waals surface area contributed by atoms with Crippen LogP contribution < -0.4 is 4.74 Å². The number of thioether (sulfide) groups is 1. The Labute approximate surface area is 137 Å². The monoisotopic (exact) mass is 371 g/mol. The van der Waals surface area contributed by atoms with Crippen molar-refractivity contribution in [2.75, 3.05) is 13.7 Å². The molecule has 1 atom stereocenters.